The number of anilines is 1. The monoisotopic (exact) mass is 290 g/mol. The van der Waals surface area contributed by atoms with E-state index >= 15 is 0 Å². The van der Waals surface area contributed by atoms with E-state index in [1.165, 1.54) is 6.07 Å². The van der Waals surface area contributed by atoms with Crippen molar-refractivity contribution in [2.24, 2.45) is 5.92 Å². The Bertz CT molecular complexity index is 542. The Hall–Kier alpha value is -2.04. The van der Waals surface area contributed by atoms with Crippen LogP contribution in [-0.4, -0.2) is 35.1 Å². The lowest BCUT2D eigenvalue weighted by atomic mass is 10.0. The highest BCUT2D eigenvalue weighted by molar-refractivity contribution is 5.92. The molecule has 2 rings (SSSR count). The van der Waals surface area contributed by atoms with Gasteiger partial charge in [0.2, 0.25) is 0 Å². The Kier molecular flexibility index (Phi) is 4.83. The first-order chi connectivity index (χ1) is 9.97. The van der Waals surface area contributed by atoms with Crippen LogP contribution in [0.3, 0.4) is 0 Å². The minimum atomic E-state index is -0.952. The third-order valence-corrected chi connectivity index (χ3v) is 4.01. The molecule has 0 bridgehead atoms. The van der Waals surface area contributed by atoms with E-state index in [1.54, 1.807) is 19.1 Å². The summed E-state index contributed by atoms with van der Waals surface area (Å²) in [6.07, 6.45) is 3.23. The summed E-state index contributed by atoms with van der Waals surface area (Å²) in [6, 6.07) is 4.75. The number of carbonyl (C=O) groups excluding carboxylic acids is 1. The zero-order chi connectivity index (χ0) is 15.4. The lowest BCUT2D eigenvalue weighted by Crippen LogP contribution is -2.35. The third-order valence-electron chi connectivity index (χ3n) is 4.01. The number of carboxylic acids is 1. The molecule has 0 aliphatic carbocycles. The molecule has 1 fully saturated rings. The molecule has 2 amide bonds. The van der Waals surface area contributed by atoms with Gasteiger partial charge in [-0.25, -0.2) is 9.59 Å². The maximum Gasteiger partial charge on any atom is 0.335 e. The molecule has 5 heteroatoms. The predicted molar refractivity (Wildman–Crippen MR) is 81.7 cm³/mol. The smallest absolute Gasteiger partial charge is 0.335 e. The van der Waals surface area contributed by atoms with Gasteiger partial charge in [0, 0.05) is 18.8 Å². The van der Waals surface area contributed by atoms with Gasteiger partial charge in [-0.2, -0.15) is 0 Å². The maximum absolute atomic E-state index is 12.3. The quantitative estimate of drug-likeness (QED) is 0.877. The molecule has 1 aliphatic rings. The number of rotatable bonds is 2. The van der Waals surface area contributed by atoms with Crippen LogP contribution in [0, 0.1) is 12.8 Å². The number of amides is 2. The molecular weight excluding hydrogens is 268 g/mol. The number of benzene rings is 1. The van der Waals surface area contributed by atoms with Crippen LogP contribution >= 0.6 is 0 Å². The zero-order valence-electron chi connectivity index (χ0n) is 12.6. The molecular formula is C16H22N2O3. The summed E-state index contributed by atoms with van der Waals surface area (Å²) in [5.41, 5.74) is 1.54. The average molecular weight is 290 g/mol. The summed E-state index contributed by atoms with van der Waals surface area (Å²) in [4.78, 5) is 25.1. The second-order valence-electron chi connectivity index (χ2n) is 5.79. The average Bonchev–Trinajstić information content (AvgIpc) is 2.63. The minimum absolute atomic E-state index is 0.105. The SMILES string of the molecule is Cc1cc(NC(=O)N2CCCC(C)CC2)ccc1C(=O)O. The number of urea groups is 1. The highest BCUT2D eigenvalue weighted by Crippen LogP contribution is 2.19. The fourth-order valence-electron chi connectivity index (χ4n) is 2.65. The fourth-order valence-corrected chi connectivity index (χ4v) is 2.65. The predicted octanol–water partition coefficient (Wildman–Crippen LogP) is 3.35. The summed E-state index contributed by atoms with van der Waals surface area (Å²) in [7, 11) is 0. The first-order valence-corrected chi connectivity index (χ1v) is 7.37. The van der Waals surface area contributed by atoms with Crippen molar-refractivity contribution in [2.75, 3.05) is 18.4 Å². The van der Waals surface area contributed by atoms with Gasteiger partial charge < -0.3 is 15.3 Å². The van der Waals surface area contributed by atoms with E-state index in [-0.39, 0.29) is 11.6 Å². The normalized spacial score (nSPS) is 19.0. The van der Waals surface area contributed by atoms with Gasteiger partial charge in [0.25, 0.3) is 0 Å². The van der Waals surface area contributed by atoms with Gasteiger partial charge in [-0.15, -0.1) is 0 Å². The fraction of sp³-hybridized carbons (Fsp3) is 0.500. The van der Waals surface area contributed by atoms with Gasteiger partial charge in [-0.05, 0) is 55.9 Å². The van der Waals surface area contributed by atoms with E-state index in [1.807, 2.05) is 4.90 Å². The molecule has 0 aromatic heterocycles. The molecule has 1 aromatic rings. The van der Waals surface area contributed by atoms with E-state index < -0.39 is 5.97 Å². The Morgan fingerprint density at radius 3 is 2.71 bits per heavy atom. The number of aryl methyl sites for hydroxylation is 1. The largest absolute Gasteiger partial charge is 0.478 e. The number of carbonyl (C=O) groups is 2. The van der Waals surface area contributed by atoms with E-state index in [4.69, 9.17) is 5.11 Å². The molecule has 21 heavy (non-hydrogen) atoms. The van der Waals surface area contributed by atoms with Crippen molar-refractivity contribution in [3.8, 4) is 0 Å². The standard InChI is InChI=1S/C16H22N2O3/c1-11-4-3-8-18(9-7-11)16(21)17-13-5-6-14(15(19)20)12(2)10-13/h5-6,10-11H,3-4,7-9H2,1-2H3,(H,17,21)(H,19,20). The molecule has 2 N–H and O–H groups in total. The van der Waals surface area contributed by atoms with Gasteiger partial charge >= 0.3 is 12.0 Å². The van der Waals surface area contributed by atoms with Crippen LogP contribution < -0.4 is 5.32 Å². The molecule has 0 radical (unpaired) electrons. The van der Waals surface area contributed by atoms with Crippen LogP contribution in [0.5, 0.6) is 0 Å². The van der Waals surface area contributed by atoms with Crippen molar-refractivity contribution < 1.29 is 14.7 Å². The van der Waals surface area contributed by atoms with Gasteiger partial charge in [-0.1, -0.05) is 6.92 Å². The maximum atomic E-state index is 12.3. The molecule has 1 unspecified atom stereocenters. The van der Waals surface area contributed by atoms with Crippen LogP contribution in [0.25, 0.3) is 0 Å². The number of hydrogen-bond donors (Lipinski definition) is 2. The molecule has 1 aromatic carbocycles. The molecule has 5 nitrogen and oxygen atoms in total. The Balaban J connectivity index is 2.02. The van der Waals surface area contributed by atoms with E-state index in [0.29, 0.717) is 17.2 Å². The van der Waals surface area contributed by atoms with Crippen molar-refractivity contribution in [3.63, 3.8) is 0 Å². The van der Waals surface area contributed by atoms with Crippen molar-refractivity contribution in [3.05, 3.63) is 29.3 Å². The first kappa shape index (κ1) is 15.4. The third kappa shape index (κ3) is 3.97. The molecule has 1 atom stereocenters. The van der Waals surface area contributed by atoms with Crippen molar-refractivity contribution in [2.45, 2.75) is 33.1 Å². The Morgan fingerprint density at radius 2 is 2.05 bits per heavy atom. The van der Waals surface area contributed by atoms with Crippen LogP contribution in [0.15, 0.2) is 18.2 Å². The number of likely N-dealkylation sites (tertiary alicyclic amines) is 1. The Labute approximate surface area is 125 Å². The first-order valence-electron chi connectivity index (χ1n) is 7.37. The lowest BCUT2D eigenvalue weighted by Gasteiger charge is -2.21. The number of nitrogens with zero attached hydrogens (tertiary/aromatic N) is 1. The highest BCUT2D eigenvalue weighted by atomic mass is 16.4. The van der Waals surface area contributed by atoms with Crippen molar-refractivity contribution >= 4 is 17.7 Å². The molecule has 1 saturated heterocycles. The summed E-state index contributed by atoms with van der Waals surface area (Å²) < 4.78 is 0. The summed E-state index contributed by atoms with van der Waals surface area (Å²) in [5.74, 6) is -0.285. The van der Waals surface area contributed by atoms with E-state index in [2.05, 4.69) is 12.2 Å². The second kappa shape index (κ2) is 6.61. The summed E-state index contributed by atoms with van der Waals surface area (Å²) in [6.45, 7) is 5.50. The number of carboxylic acid groups (broad SMARTS) is 1. The van der Waals surface area contributed by atoms with Crippen molar-refractivity contribution in [1.29, 1.82) is 0 Å². The van der Waals surface area contributed by atoms with Crippen LogP contribution in [0.4, 0.5) is 10.5 Å². The summed E-state index contributed by atoms with van der Waals surface area (Å²) in [5, 5.41) is 11.9. The van der Waals surface area contributed by atoms with E-state index in [9.17, 15) is 9.59 Å². The molecule has 114 valence electrons. The molecule has 0 spiro atoms. The van der Waals surface area contributed by atoms with Gasteiger partial charge in [0.1, 0.15) is 0 Å². The van der Waals surface area contributed by atoms with E-state index in [0.717, 1.165) is 32.4 Å². The molecule has 1 aliphatic heterocycles. The second-order valence-corrected chi connectivity index (χ2v) is 5.79. The topological polar surface area (TPSA) is 69.6 Å². The van der Waals surface area contributed by atoms with Crippen LogP contribution in [0.2, 0.25) is 0 Å². The van der Waals surface area contributed by atoms with Crippen LogP contribution in [-0.2, 0) is 0 Å². The highest BCUT2D eigenvalue weighted by Gasteiger charge is 2.18. The molecule has 0 saturated carbocycles. The van der Waals surface area contributed by atoms with Crippen LogP contribution in [0.1, 0.15) is 42.1 Å². The van der Waals surface area contributed by atoms with Crippen molar-refractivity contribution in [1.82, 2.24) is 4.90 Å². The lowest BCUT2D eigenvalue weighted by molar-refractivity contribution is 0.0696. The number of nitrogens with one attached hydrogen (secondary N) is 1. The zero-order valence-corrected chi connectivity index (χ0v) is 12.6. The Morgan fingerprint density at radius 1 is 1.29 bits per heavy atom. The number of aromatic carboxylic acids is 1. The molecule has 1 heterocycles. The number of hydrogen-bond acceptors (Lipinski definition) is 2. The van der Waals surface area contributed by atoms with Gasteiger partial charge in [0.15, 0.2) is 0 Å². The van der Waals surface area contributed by atoms with Gasteiger partial charge in [-0.3, -0.25) is 0 Å². The summed E-state index contributed by atoms with van der Waals surface area (Å²) >= 11 is 0. The minimum Gasteiger partial charge on any atom is -0.478 e. The van der Waals surface area contributed by atoms with Gasteiger partial charge in [0.05, 0.1) is 5.56 Å².